The van der Waals surface area contributed by atoms with Gasteiger partial charge in [-0.3, -0.25) is 9.78 Å². The van der Waals surface area contributed by atoms with Crippen molar-refractivity contribution in [2.24, 2.45) is 5.92 Å². The van der Waals surface area contributed by atoms with Crippen LogP contribution in [0.4, 0.5) is 5.69 Å². The Bertz CT molecular complexity index is 627. The van der Waals surface area contributed by atoms with Crippen LogP contribution in [0.5, 0.6) is 0 Å². The Morgan fingerprint density at radius 3 is 2.80 bits per heavy atom. The van der Waals surface area contributed by atoms with Gasteiger partial charge < -0.3 is 15.0 Å². The fraction of sp³-hybridized carbons (Fsp3) is 0.684. The predicted molar refractivity (Wildman–Crippen MR) is 97.7 cm³/mol. The van der Waals surface area contributed by atoms with E-state index in [2.05, 4.69) is 15.2 Å². The minimum atomic E-state index is 0.0382. The Kier molecular flexibility index (Phi) is 4.87. The summed E-state index contributed by atoms with van der Waals surface area (Å²) in [5, 5.41) is 4.14. The number of carbonyl (C=O) groups is 1. The average molecular weight is 364 g/mol. The van der Waals surface area contributed by atoms with Gasteiger partial charge in [0.15, 0.2) is 0 Å². The molecule has 1 saturated carbocycles. The van der Waals surface area contributed by atoms with Crippen molar-refractivity contribution in [3.05, 3.63) is 23.5 Å². The second kappa shape index (κ2) is 7.12. The fourth-order valence-corrected chi connectivity index (χ4v) is 4.55. The van der Waals surface area contributed by atoms with Crippen molar-refractivity contribution in [3.63, 3.8) is 0 Å². The number of ether oxygens (including phenoxy) is 1. The van der Waals surface area contributed by atoms with Crippen molar-refractivity contribution in [2.75, 3.05) is 25.0 Å². The summed E-state index contributed by atoms with van der Waals surface area (Å²) in [6.07, 6.45) is 10.6. The third-order valence-electron chi connectivity index (χ3n) is 6.05. The number of aromatic nitrogens is 1. The van der Waals surface area contributed by atoms with Crippen LogP contribution in [0.2, 0.25) is 5.02 Å². The van der Waals surface area contributed by atoms with Gasteiger partial charge in [0.25, 0.3) is 0 Å². The lowest BCUT2D eigenvalue weighted by atomic mass is 9.71. The van der Waals surface area contributed by atoms with Crippen LogP contribution in [0.25, 0.3) is 0 Å². The second-order valence-electron chi connectivity index (χ2n) is 7.67. The number of carbonyl (C=O) groups excluding carboxylic acids is 1. The number of amides is 1. The van der Waals surface area contributed by atoms with Gasteiger partial charge in [0.1, 0.15) is 0 Å². The molecule has 0 bridgehead atoms. The molecule has 2 aliphatic heterocycles. The molecule has 136 valence electrons. The van der Waals surface area contributed by atoms with Gasteiger partial charge in [0.05, 0.1) is 16.3 Å². The van der Waals surface area contributed by atoms with Crippen molar-refractivity contribution < 1.29 is 9.53 Å². The molecule has 1 spiro atoms. The number of anilines is 1. The molecule has 5 nitrogen and oxygen atoms in total. The molecule has 1 atom stereocenters. The molecule has 3 fully saturated rings. The number of rotatable bonds is 3. The first-order chi connectivity index (χ1) is 12.2. The molecule has 0 aromatic carbocycles. The molecular formula is C19H26ClN3O2. The molecule has 1 N–H and O–H groups in total. The molecule has 2 saturated heterocycles. The molecule has 0 radical (unpaired) electrons. The van der Waals surface area contributed by atoms with Crippen molar-refractivity contribution in [1.82, 2.24) is 9.88 Å². The van der Waals surface area contributed by atoms with Gasteiger partial charge in [-0.05, 0) is 51.0 Å². The van der Waals surface area contributed by atoms with Crippen molar-refractivity contribution >= 4 is 23.2 Å². The van der Waals surface area contributed by atoms with Crippen LogP contribution in [0.15, 0.2) is 18.5 Å². The van der Waals surface area contributed by atoms with Crippen molar-refractivity contribution in [1.29, 1.82) is 0 Å². The molecule has 4 rings (SSSR count). The second-order valence-corrected chi connectivity index (χ2v) is 8.08. The fourth-order valence-electron chi connectivity index (χ4n) is 4.37. The van der Waals surface area contributed by atoms with E-state index >= 15 is 0 Å². The minimum absolute atomic E-state index is 0.0382. The normalized spacial score (nSPS) is 26.3. The lowest BCUT2D eigenvalue weighted by molar-refractivity contribution is -0.163. The van der Waals surface area contributed by atoms with E-state index in [0.717, 1.165) is 63.9 Å². The van der Waals surface area contributed by atoms with Crippen LogP contribution in [-0.2, 0) is 9.53 Å². The summed E-state index contributed by atoms with van der Waals surface area (Å²) in [7, 11) is 0. The zero-order chi connectivity index (χ0) is 17.3. The predicted octanol–water partition coefficient (Wildman–Crippen LogP) is 3.49. The topological polar surface area (TPSA) is 54.5 Å². The summed E-state index contributed by atoms with van der Waals surface area (Å²) in [6.45, 7) is 2.39. The highest BCUT2D eigenvalue weighted by molar-refractivity contribution is 6.33. The summed E-state index contributed by atoms with van der Waals surface area (Å²) in [5.74, 6) is 0.503. The maximum Gasteiger partial charge on any atom is 0.225 e. The molecule has 1 aromatic rings. The Morgan fingerprint density at radius 2 is 2.12 bits per heavy atom. The lowest BCUT2D eigenvalue weighted by Crippen LogP contribution is -2.51. The molecule has 1 unspecified atom stereocenters. The van der Waals surface area contributed by atoms with Gasteiger partial charge in [-0.2, -0.15) is 0 Å². The highest BCUT2D eigenvalue weighted by Gasteiger charge is 2.45. The average Bonchev–Trinajstić information content (AvgIpc) is 2.62. The number of hydrogen-bond donors (Lipinski definition) is 1. The van der Waals surface area contributed by atoms with Gasteiger partial charge in [0, 0.05) is 44.0 Å². The number of likely N-dealkylation sites (tertiary alicyclic amines) is 1. The Labute approximate surface area is 154 Å². The van der Waals surface area contributed by atoms with E-state index in [-0.39, 0.29) is 11.5 Å². The molecule has 3 heterocycles. The summed E-state index contributed by atoms with van der Waals surface area (Å²) < 4.78 is 5.97. The van der Waals surface area contributed by atoms with Crippen molar-refractivity contribution in [2.45, 2.75) is 56.6 Å². The Balaban J connectivity index is 1.29. The first-order valence-corrected chi connectivity index (χ1v) is 9.82. The van der Waals surface area contributed by atoms with E-state index in [1.165, 1.54) is 6.42 Å². The number of halogens is 1. The van der Waals surface area contributed by atoms with Crippen molar-refractivity contribution in [3.8, 4) is 0 Å². The summed E-state index contributed by atoms with van der Waals surface area (Å²) >= 11 is 6.17. The largest absolute Gasteiger partial charge is 0.381 e. The van der Waals surface area contributed by atoms with Crippen LogP contribution >= 0.6 is 11.6 Å². The molecule has 25 heavy (non-hydrogen) atoms. The van der Waals surface area contributed by atoms with E-state index in [1.807, 2.05) is 6.07 Å². The van der Waals surface area contributed by atoms with E-state index < -0.39 is 0 Å². The van der Waals surface area contributed by atoms with Gasteiger partial charge in [0.2, 0.25) is 5.91 Å². The lowest BCUT2D eigenvalue weighted by Gasteiger charge is -2.47. The smallest absolute Gasteiger partial charge is 0.225 e. The van der Waals surface area contributed by atoms with Gasteiger partial charge in [-0.1, -0.05) is 11.6 Å². The molecule has 3 aliphatic rings. The van der Waals surface area contributed by atoms with Crippen LogP contribution in [0, 0.1) is 5.92 Å². The summed E-state index contributed by atoms with van der Waals surface area (Å²) in [4.78, 5) is 19.0. The van der Waals surface area contributed by atoms with Gasteiger partial charge in [-0.25, -0.2) is 0 Å². The number of piperidine rings is 1. The quantitative estimate of drug-likeness (QED) is 0.893. The van der Waals surface area contributed by atoms with E-state index in [4.69, 9.17) is 16.3 Å². The van der Waals surface area contributed by atoms with Crippen LogP contribution < -0.4 is 5.32 Å². The highest BCUT2D eigenvalue weighted by Crippen LogP contribution is 2.44. The molecule has 1 aromatic heterocycles. The Hall–Kier alpha value is -1.33. The first kappa shape index (κ1) is 17.1. The number of nitrogens with zero attached hydrogens (tertiary/aromatic N) is 2. The zero-order valence-corrected chi connectivity index (χ0v) is 15.3. The Morgan fingerprint density at radius 1 is 1.32 bits per heavy atom. The SMILES string of the molecule is O=C(C1CCOC2(CCC2)C1)N1CCC(Nc2ccncc2Cl)CC1. The van der Waals surface area contributed by atoms with Crippen LogP contribution in [0.1, 0.15) is 44.9 Å². The zero-order valence-electron chi connectivity index (χ0n) is 14.5. The summed E-state index contributed by atoms with van der Waals surface area (Å²) in [5.41, 5.74) is 0.967. The van der Waals surface area contributed by atoms with Gasteiger partial charge >= 0.3 is 0 Å². The number of pyridine rings is 1. The molecule has 6 heteroatoms. The highest BCUT2D eigenvalue weighted by atomic mass is 35.5. The van der Waals surface area contributed by atoms with E-state index in [1.54, 1.807) is 12.4 Å². The third-order valence-corrected chi connectivity index (χ3v) is 6.35. The summed E-state index contributed by atoms with van der Waals surface area (Å²) in [6, 6.07) is 2.26. The molecule has 1 amide bonds. The minimum Gasteiger partial charge on any atom is -0.381 e. The standard InChI is InChI=1S/C19H26ClN3O2/c20-16-13-21-8-2-17(16)22-15-3-9-23(10-4-15)18(24)14-5-11-25-19(12-14)6-1-7-19/h2,8,13-15H,1,3-7,9-12H2,(H,21,22). The molecule has 1 aliphatic carbocycles. The van der Waals surface area contributed by atoms with Crippen LogP contribution in [-0.4, -0.2) is 47.1 Å². The maximum atomic E-state index is 12.9. The molecular weight excluding hydrogens is 338 g/mol. The van der Waals surface area contributed by atoms with Gasteiger partial charge in [-0.15, -0.1) is 0 Å². The monoisotopic (exact) mass is 363 g/mol. The van der Waals surface area contributed by atoms with E-state index in [0.29, 0.717) is 17.0 Å². The first-order valence-electron chi connectivity index (χ1n) is 9.44. The number of hydrogen-bond acceptors (Lipinski definition) is 4. The third kappa shape index (κ3) is 3.63. The van der Waals surface area contributed by atoms with Crippen LogP contribution in [0.3, 0.4) is 0 Å². The number of nitrogens with one attached hydrogen (secondary N) is 1. The maximum absolute atomic E-state index is 12.9. The van der Waals surface area contributed by atoms with E-state index in [9.17, 15) is 4.79 Å².